The van der Waals surface area contributed by atoms with Crippen LogP contribution in [-0.2, 0) is 14.3 Å². The van der Waals surface area contributed by atoms with Gasteiger partial charge in [0.25, 0.3) is 0 Å². The van der Waals surface area contributed by atoms with E-state index in [4.69, 9.17) is 4.74 Å². The maximum Gasteiger partial charge on any atom is 0.305 e. The summed E-state index contributed by atoms with van der Waals surface area (Å²) < 4.78 is 5.48. The first-order valence-corrected chi connectivity index (χ1v) is 35.8. The van der Waals surface area contributed by atoms with Crippen LogP contribution in [0.5, 0.6) is 0 Å². The number of unbranched alkanes of at least 4 members (excludes halogenated alkanes) is 52. The van der Waals surface area contributed by atoms with E-state index in [1.165, 1.54) is 321 Å². The molecule has 0 bridgehead atoms. The summed E-state index contributed by atoms with van der Waals surface area (Å²) in [5.41, 5.74) is 0. The van der Waals surface area contributed by atoms with Crippen molar-refractivity contribution in [1.82, 2.24) is 5.32 Å². The number of amides is 1. The van der Waals surface area contributed by atoms with Crippen molar-refractivity contribution in [2.75, 3.05) is 13.2 Å². The summed E-state index contributed by atoms with van der Waals surface area (Å²) in [5.74, 6) is -0.0500. The zero-order chi connectivity index (χ0) is 57.1. The first-order valence-electron chi connectivity index (χ1n) is 35.8. The van der Waals surface area contributed by atoms with Crippen LogP contribution in [0.3, 0.4) is 0 Å². The monoisotopic (exact) mass is 1110 g/mol. The molecule has 2 atom stereocenters. The van der Waals surface area contributed by atoms with Crippen molar-refractivity contribution in [3.05, 3.63) is 36.5 Å². The standard InChI is InChI=1S/C73H139NO5/c1-3-5-7-9-11-13-15-17-18-19-33-36-39-42-45-49-53-57-61-65-71(76)70(69-75)74-72(77)66-62-58-54-50-46-43-40-37-34-31-29-27-25-23-21-20-22-24-26-28-30-32-35-38-41-44-48-52-56-60-64-68-79-73(78)67-63-59-55-51-47-16-14-12-10-8-6-4-2/h22,24,28,30,61,65,70-71,75-76H,3-21,23,25-27,29,31-60,62-64,66-69H2,1-2H3,(H,74,77)/b24-22-,30-28-,65-61+. The zero-order valence-electron chi connectivity index (χ0n) is 53.4. The summed E-state index contributed by atoms with van der Waals surface area (Å²) in [6.07, 6.45) is 88.0. The van der Waals surface area contributed by atoms with Crippen LogP contribution in [-0.4, -0.2) is 47.4 Å². The number of nitrogens with one attached hydrogen (secondary N) is 1. The average Bonchev–Trinajstić information content (AvgIpc) is 3.45. The molecule has 3 N–H and O–H groups in total. The van der Waals surface area contributed by atoms with Gasteiger partial charge in [-0.05, 0) is 64.2 Å². The molecule has 1 amide bonds. The summed E-state index contributed by atoms with van der Waals surface area (Å²) in [6.45, 7) is 4.93. The van der Waals surface area contributed by atoms with Crippen LogP contribution in [0.4, 0.5) is 0 Å². The minimum Gasteiger partial charge on any atom is -0.466 e. The fourth-order valence-corrected chi connectivity index (χ4v) is 11.2. The molecule has 0 aliphatic rings. The van der Waals surface area contributed by atoms with Gasteiger partial charge in [-0.15, -0.1) is 0 Å². The van der Waals surface area contributed by atoms with E-state index in [1.54, 1.807) is 6.08 Å². The molecule has 0 radical (unpaired) electrons. The lowest BCUT2D eigenvalue weighted by atomic mass is 10.0. The van der Waals surface area contributed by atoms with Crippen LogP contribution >= 0.6 is 0 Å². The summed E-state index contributed by atoms with van der Waals surface area (Å²) in [5, 5.41) is 23.2. The van der Waals surface area contributed by atoms with Crippen LogP contribution in [0.1, 0.15) is 393 Å². The quantitative estimate of drug-likeness (QED) is 0.0320. The molecule has 0 spiro atoms. The number of carbonyl (C=O) groups excluding carboxylic acids is 2. The number of aliphatic hydroxyl groups excluding tert-OH is 2. The van der Waals surface area contributed by atoms with E-state index in [9.17, 15) is 19.8 Å². The average molecular weight is 1110 g/mol. The fourth-order valence-electron chi connectivity index (χ4n) is 11.2. The maximum atomic E-state index is 12.5. The molecule has 466 valence electrons. The van der Waals surface area contributed by atoms with E-state index in [0.717, 1.165) is 44.9 Å². The van der Waals surface area contributed by atoms with Crippen molar-refractivity contribution < 1.29 is 24.5 Å². The van der Waals surface area contributed by atoms with Crippen LogP contribution in [0, 0.1) is 0 Å². The third-order valence-electron chi connectivity index (χ3n) is 16.7. The van der Waals surface area contributed by atoms with Gasteiger partial charge in [0.15, 0.2) is 0 Å². The Kier molecular flexibility index (Phi) is 66.9. The van der Waals surface area contributed by atoms with Gasteiger partial charge in [0.1, 0.15) is 0 Å². The number of ether oxygens (including phenoxy) is 1. The van der Waals surface area contributed by atoms with Crippen molar-refractivity contribution >= 4 is 11.9 Å². The topological polar surface area (TPSA) is 95.9 Å². The van der Waals surface area contributed by atoms with Gasteiger partial charge >= 0.3 is 5.97 Å². The van der Waals surface area contributed by atoms with Crippen molar-refractivity contribution in [2.45, 2.75) is 405 Å². The lowest BCUT2D eigenvalue weighted by Gasteiger charge is -2.20. The highest BCUT2D eigenvalue weighted by atomic mass is 16.5. The molecule has 0 aromatic carbocycles. The van der Waals surface area contributed by atoms with Crippen molar-refractivity contribution in [3.63, 3.8) is 0 Å². The van der Waals surface area contributed by atoms with Crippen LogP contribution in [0.15, 0.2) is 36.5 Å². The first-order chi connectivity index (χ1) is 39.0. The van der Waals surface area contributed by atoms with E-state index < -0.39 is 12.1 Å². The van der Waals surface area contributed by atoms with E-state index >= 15 is 0 Å². The Morgan fingerprint density at radius 1 is 0.354 bits per heavy atom. The number of allylic oxidation sites excluding steroid dienone is 5. The number of carbonyl (C=O) groups is 2. The molecule has 79 heavy (non-hydrogen) atoms. The molecule has 0 aliphatic heterocycles. The number of hydrogen-bond acceptors (Lipinski definition) is 5. The predicted molar refractivity (Wildman–Crippen MR) is 347 cm³/mol. The lowest BCUT2D eigenvalue weighted by Crippen LogP contribution is -2.45. The number of hydrogen-bond donors (Lipinski definition) is 3. The smallest absolute Gasteiger partial charge is 0.305 e. The van der Waals surface area contributed by atoms with Gasteiger partial charge in [-0.25, -0.2) is 0 Å². The summed E-state index contributed by atoms with van der Waals surface area (Å²) in [4.78, 5) is 24.5. The Morgan fingerprint density at radius 2 is 0.633 bits per heavy atom. The molecule has 0 aliphatic carbocycles. The largest absolute Gasteiger partial charge is 0.466 e. The molecule has 2 unspecified atom stereocenters. The first kappa shape index (κ1) is 77.1. The molecule has 6 heteroatoms. The molecular formula is C73H139NO5. The van der Waals surface area contributed by atoms with E-state index in [0.29, 0.717) is 19.4 Å². The van der Waals surface area contributed by atoms with Gasteiger partial charge in [0.05, 0.1) is 25.4 Å². The van der Waals surface area contributed by atoms with Crippen molar-refractivity contribution in [1.29, 1.82) is 0 Å². The van der Waals surface area contributed by atoms with E-state index in [2.05, 4.69) is 43.5 Å². The second-order valence-corrected chi connectivity index (χ2v) is 24.6. The highest BCUT2D eigenvalue weighted by molar-refractivity contribution is 5.76. The van der Waals surface area contributed by atoms with Gasteiger partial charge in [-0.2, -0.15) is 0 Å². The molecule has 0 aromatic rings. The molecular weight excluding hydrogens is 971 g/mol. The maximum absolute atomic E-state index is 12.5. The Hall–Kier alpha value is -1.92. The number of rotatable bonds is 67. The minimum atomic E-state index is -0.845. The zero-order valence-corrected chi connectivity index (χ0v) is 53.4. The van der Waals surface area contributed by atoms with E-state index in [1.807, 2.05) is 6.08 Å². The Morgan fingerprint density at radius 3 is 0.962 bits per heavy atom. The fraction of sp³-hybridized carbons (Fsp3) is 0.890. The van der Waals surface area contributed by atoms with Crippen LogP contribution in [0.2, 0.25) is 0 Å². The Labute approximate surface area is 494 Å². The predicted octanol–water partition coefficient (Wildman–Crippen LogP) is 23.1. The minimum absolute atomic E-state index is 0.0140. The third-order valence-corrected chi connectivity index (χ3v) is 16.7. The molecule has 0 heterocycles. The Bertz CT molecular complexity index is 1280. The third kappa shape index (κ3) is 65.1. The van der Waals surface area contributed by atoms with Gasteiger partial charge in [0, 0.05) is 12.8 Å². The van der Waals surface area contributed by atoms with Crippen molar-refractivity contribution in [3.8, 4) is 0 Å². The Balaban J connectivity index is 3.41. The highest BCUT2D eigenvalue weighted by Gasteiger charge is 2.18. The number of aliphatic hydroxyl groups is 2. The molecule has 0 rings (SSSR count). The van der Waals surface area contributed by atoms with Gasteiger partial charge in [0.2, 0.25) is 5.91 Å². The van der Waals surface area contributed by atoms with Gasteiger partial charge in [-0.3, -0.25) is 9.59 Å². The highest BCUT2D eigenvalue weighted by Crippen LogP contribution is 2.18. The second kappa shape index (κ2) is 68.6. The molecule has 0 saturated carbocycles. The van der Waals surface area contributed by atoms with E-state index in [-0.39, 0.29) is 18.5 Å². The molecule has 6 nitrogen and oxygen atoms in total. The van der Waals surface area contributed by atoms with Gasteiger partial charge < -0.3 is 20.3 Å². The molecule has 0 fully saturated rings. The normalized spacial score (nSPS) is 12.7. The second-order valence-electron chi connectivity index (χ2n) is 24.6. The van der Waals surface area contributed by atoms with Gasteiger partial charge in [-0.1, -0.05) is 352 Å². The summed E-state index contributed by atoms with van der Waals surface area (Å²) in [6, 6.07) is -0.628. The summed E-state index contributed by atoms with van der Waals surface area (Å²) >= 11 is 0. The molecule has 0 saturated heterocycles. The summed E-state index contributed by atoms with van der Waals surface area (Å²) in [7, 11) is 0. The number of esters is 1. The van der Waals surface area contributed by atoms with Crippen LogP contribution in [0.25, 0.3) is 0 Å². The molecule has 0 aromatic heterocycles. The SMILES string of the molecule is CCCCCCCCCCCCCCCCCCC/C=C/C(O)C(CO)NC(=O)CCCCCCCCCCCCCCCCC/C=C\C/C=C\CCCCCCCCCCCOC(=O)CCCCCCCCCCCCCC. The van der Waals surface area contributed by atoms with Crippen molar-refractivity contribution in [2.24, 2.45) is 0 Å². The lowest BCUT2D eigenvalue weighted by molar-refractivity contribution is -0.143. The van der Waals surface area contributed by atoms with Crippen LogP contribution < -0.4 is 5.32 Å².